The first-order valence-electron chi connectivity index (χ1n) is 16.1. The van der Waals surface area contributed by atoms with Gasteiger partial charge in [0, 0.05) is 24.6 Å². The largest absolute Gasteiger partial charge is 0.444 e. The van der Waals surface area contributed by atoms with Crippen LogP contribution in [0.2, 0.25) is 0 Å². The number of hydrogen-bond acceptors (Lipinski definition) is 7. The van der Waals surface area contributed by atoms with E-state index >= 15 is 0 Å². The van der Waals surface area contributed by atoms with Crippen molar-refractivity contribution in [1.82, 2.24) is 15.6 Å². The summed E-state index contributed by atoms with van der Waals surface area (Å²) in [5.41, 5.74) is 2.25. The fraction of sp³-hybridized carbons (Fsp3) is 0.514. The number of para-hydroxylation sites is 1. The van der Waals surface area contributed by atoms with Gasteiger partial charge in [-0.15, -0.1) is 0 Å². The number of urea groups is 1. The highest BCUT2D eigenvalue weighted by atomic mass is 16.6. The molecule has 2 aromatic carbocycles. The highest BCUT2D eigenvalue weighted by molar-refractivity contribution is 6.11. The minimum absolute atomic E-state index is 0.0975. The van der Waals surface area contributed by atoms with Crippen LogP contribution >= 0.6 is 0 Å². The van der Waals surface area contributed by atoms with Gasteiger partial charge in [-0.25, -0.2) is 19.4 Å². The number of nitrogens with one attached hydrogen (secondary N) is 2. The van der Waals surface area contributed by atoms with Crippen LogP contribution in [0.15, 0.2) is 64.7 Å². The molecule has 0 bridgehead atoms. The zero-order valence-electron chi connectivity index (χ0n) is 28.0. The molecule has 0 spiro atoms. The van der Waals surface area contributed by atoms with Crippen molar-refractivity contribution in [3.05, 3.63) is 65.7 Å². The summed E-state index contributed by atoms with van der Waals surface area (Å²) in [6.07, 6.45) is 4.53. The van der Waals surface area contributed by atoms with Crippen molar-refractivity contribution < 1.29 is 23.9 Å². The van der Waals surface area contributed by atoms with Crippen molar-refractivity contribution >= 4 is 35.6 Å². The molecule has 46 heavy (non-hydrogen) atoms. The molecule has 2 aliphatic rings. The topological polar surface area (TPSA) is 125 Å². The van der Waals surface area contributed by atoms with E-state index in [0.29, 0.717) is 19.5 Å². The van der Waals surface area contributed by atoms with Crippen LogP contribution in [0.3, 0.4) is 0 Å². The first kappa shape index (κ1) is 34.5. The molecule has 1 saturated carbocycles. The summed E-state index contributed by atoms with van der Waals surface area (Å²) in [6.45, 7) is 11.3. The Kier molecular flexibility index (Phi) is 11.4. The first-order chi connectivity index (χ1) is 21.8. The molecular formula is C35H48N6O5. The number of carbonyl (C=O) groups excluding carboxylic acids is 3. The maximum Gasteiger partial charge on any atom is 0.414 e. The summed E-state index contributed by atoms with van der Waals surface area (Å²) in [5.74, 6) is 0.186. The minimum atomic E-state index is -0.761. The Hall–Kier alpha value is -4.41. The number of hydrogen-bond donors (Lipinski definition) is 2. The van der Waals surface area contributed by atoms with Gasteiger partial charge in [-0.1, -0.05) is 67.8 Å². The van der Waals surface area contributed by atoms with Crippen molar-refractivity contribution in [2.75, 3.05) is 18.0 Å². The number of nitrogens with zero attached hydrogens (tertiary/aromatic N) is 4. The number of ether oxygens (including phenoxy) is 2. The van der Waals surface area contributed by atoms with E-state index in [2.05, 4.69) is 21.7 Å². The predicted octanol–water partition coefficient (Wildman–Crippen LogP) is 7.21. The van der Waals surface area contributed by atoms with Crippen LogP contribution in [0.5, 0.6) is 0 Å². The molecule has 4 rings (SSSR count). The van der Waals surface area contributed by atoms with E-state index in [0.717, 1.165) is 48.2 Å². The van der Waals surface area contributed by atoms with Crippen molar-refractivity contribution in [2.24, 2.45) is 16.0 Å². The molecule has 1 fully saturated rings. The van der Waals surface area contributed by atoms with Gasteiger partial charge in [-0.3, -0.25) is 20.5 Å². The summed E-state index contributed by atoms with van der Waals surface area (Å²) in [6, 6.07) is 17.6. The number of anilines is 1. The summed E-state index contributed by atoms with van der Waals surface area (Å²) in [7, 11) is 0. The van der Waals surface area contributed by atoms with Crippen LogP contribution < -0.4 is 15.5 Å². The Balaban J connectivity index is 1.57. The second-order valence-electron chi connectivity index (χ2n) is 13.7. The molecule has 0 radical (unpaired) electrons. The number of guanidine groups is 1. The number of hydrazone groups is 1. The van der Waals surface area contributed by atoms with Gasteiger partial charge in [0.2, 0.25) is 5.96 Å². The van der Waals surface area contributed by atoms with Crippen molar-refractivity contribution in [3.8, 4) is 0 Å². The fourth-order valence-corrected chi connectivity index (χ4v) is 5.48. The van der Waals surface area contributed by atoms with Gasteiger partial charge < -0.3 is 9.47 Å². The van der Waals surface area contributed by atoms with Gasteiger partial charge in [0.1, 0.15) is 11.2 Å². The van der Waals surface area contributed by atoms with Crippen molar-refractivity contribution in [2.45, 2.75) is 97.8 Å². The fourth-order valence-electron chi connectivity index (χ4n) is 5.48. The molecular weight excluding hydrogens is 584 g/mol. The minimum Gasteiger partial charge on any atom is -0.444 e. The SMILES string of the molecule is CC(C)(C)OC(=O)NC(=NCCCN1C(=O)N(Cc2ccccc2)N=C(C2CCCCC2)c2ccccc21)NC(=O)OC(C)(C)C. The van der Waals surface area contributed by atoms with Gasteiger partial charge in [-0.05, 0) is 72.4 Å². The zero-order valence-corrected chi connectivity index (χ0v) is 28.0. The lowest BCUT2D eigenvalue weighted by Crippen LogP contribution is -2.47. The zero-order chi connectivity index (χ0) is 33.3. The number of alkyl carbamates (subject to hydrolysis) is 2. The average Bonchev–Trinajstić information content (AvgIpc) is 3.08. The van der Waals surface area contributed by atoms with Gasteiger partial charge in [-0.2, -0.15) is 5.10 Å². The van der Waals surface area contributed by atoms with E-state index < -0.39 is 23.4 Å². The molecule has 4 amide bonds. The molecule has 1 aliphatic carbocycles. The predicted molar refractivity (Wildman–Crippen MR) is 180 cm³/mol. The van der Waals surface area contributed by atoms with Gasteiger partial charge in [0.05, 0.1) is 17.9 Å². The summed E-state index contributed by atoms with van der Waals surface area (Å²) in [4.78, 5) is 45.4. The molecule has 0 atom stereocenters. The number of rotatable bonds is 7. The molecule has 2 aromatic rings. The second kappa shape index (κ2) is 15.2. The Labute approximate surface area is 272 Å². The molecule has 2 N–H and O–H groups in total. The van der Waals surface area contributed by atoms with E-state index in [1.807, 2.05) is 48.5 Å². The van der Waals surface area contributed by atoms with E-state index in [1.165, 1.54) is 6.42 Å². The summed E-state index contributed by atoms with van der Waals surface area (Å²) >= 11 is 0. The number of benzene rings is 2. The molecule has 1 heterocycles. The maximum absolute atomic E-state index is 14.2. The molecule has 11 heteroatoms. The van der Waals surface area contributed by atoms with Crippen LogP contribution in [0.4, 0.5) is 20.1 Å². The lowest BCUT2D eigenvalue weighted by Gasteiger charge is -2.26. The van der Waals surface area contributed by atoms with E-state index in [4.69, 9.17) is 14.6 Å². The lowest BCUT2D eigenvalue weighted by molar-refractivity contribution is 0.0545. The third kappa shape index (κ3) is 10.3. The number of fused-ring (bicyclic) bond motifs is 1. The molecule has 1 aliphatic heterocycles. The lowest BCUT2D eigenvalue weighted by atomic mass is 9.83. The molecule has 0 aromatic heterocycles. The highest BCUT2D eigenvalue weighted by Crippen LogP contribution is 2.34. The third-order valence-electron chi connectivity index (χ3n) is 7.37. The summed E-state index contributed by atoms with van der Waals surface area (Å²) in [5, 5.41) is 11.7. The monoisotopic (exact) mass is 632 g/mol. The van der Waals surface area contributed by atoms with Gasteiger partial charge >= 0.3 is 18.2 Å². The Bertz CT molecular complexity index is 1390. The molecule has 11 nitrogen and oxygen atoms in total. The summed E-state index contributed by atoms with van der Waals surface area (Å²) < 4.78 is 10.7. The van der Waals surface area contributed by atoms with Crippen LogP contribution in [0, 0.1) is 5.92 Å². The average molecular weight is 633 g/mol. The highest BCUT2D eigenvalue weighted by Gasteiger charge is 2.33. The van der Waals surface area contributed by atoms with Crippen LogP contribution in [0.25, 0.3) is 0 Å². The standard InChI is InChI=1S/C35H48N6O5/c1-34(2,3)45-31(42)37-30(38-32(43)46-35(4,5)6)36-22-15-23-40-28-21-14-13-20-27(28)29(26-18-11-8-12-19-26)39-41(33(40)44)24-25-16-9-7-10-17-25/h7,9-10,13-14,16-17,20-21,26H,8,11-12,15,18-19,22-24H2,1-6H3,(H2,36,37,38,42,43). The first-order valence-corrected chi connectivity index (χ1v) is 16.1. The number of carbonyl (C=O) groups is 3. The molecule has 0 saturated heterocycles. The molecule has 248 valence electrons. The van der Waals surface area contributed by atoms with Crippen LogP contribution in [0.1, 0.15) is 91.2 Å². The molecule has 0 unspecified atom stereocenters. The Morgan fingerprint density at radius 2 is 1.46 bits per heavy atom. The van der Waals surface area contributed by atoms with Gasteiger partial charge in [0.25, 0.3) is 0 Å². The van der Waals surface area contributed by atoms with E-state index in [-0.39, 0.29) is 24.5 Å². The smallest absolute Gasteiger partial charge is 0.414 e. The number of aliphatic imine (C=N–C) groups is 1. The Morgan fingerprint density at radius 3 is 2.07 bits per heavy atom. The normalized spacial score (nSPS) is 15.7. The third-order valence-corrected chi connectivity index (χ3v) is 7.37. The van der Waals surface area contributed by atoms with Crippen molar-refractivity contribution in [1.29, 1.82) is 0 Å². The number of amides is 4. The van der Waals surface area contributed by atoms with Crippen molar-refractivity contribution in [3.63, 3.8) is 0 Å². The quantitative estimate of drug-likeness (QED) is 0.190. The van der Waals surface area contributed by atoms with Gasteiger partial charge in [0.15, 0.2) is 0 Å². The van der Waals surface area contributed by atoms with Crippen LogP contribution in [-0.2, 0) is 16.0 Å². The van der Waals surface area contributed by atoms with E-state index in [1.54, 1.807) is 51.5 Å². The maximum atomic E-state index is 14.2. The van der Waals surface area contributed by atoms with E-state index in [9.17, 15) is 14.4 Å². The second-order valence-corrected chi connectivity index (χ2v) is 13.7. The van der Waals surface area contributed by atoms with Crippen LogP contribution in [-0.4, -0.2) is 59.2 Å². The Morgan fingerprint density at radius 1 is 0.870 bits per heavy atom.